The fourth-order valence-electron chi connectivity index (χ4n) is 3.13. The first-order valence-corrected chi connectivity index (χ1v) is 9.73. The second kappa shape index (κ2) is 5.78. The number of hydrogen-bond acceptors (Lipinski definition) is 4. The summed E-state index contributed by atoms with van der Waals surface area (Å²) in [5, 5.41) is -0.253. The van der Waals surface area contributed by atoms with Gasteiger partial charge in [-0.15, -0.1) is 0 Å². The van der Waals surface area contributed by atoms with Crippen LogP contribution in [-0.2, 0) is 10.0 Å². The molecule has 1 fully saturated rings. The normalized spacial score (nSPS) is 17.8. The van der Waals surface area contributed by atoms with Crippen LogP contribution in [0.5, 0.6) is 11.5 Å². The number of benzene rings is 2. The Labute approximate surface area is 149 Å². The fourth-order valence-corrected chi connectivity index (χ4v) is 4.45. The molecular weight excluding hydrogens is 369 g/mol. The molecule has 0 saturated heterocycles. The Kier molecular flexibility index (Phi) is 3.81. The van der Waals surface area contributed by atoms with Crippen molar-refractivity contribution >= 4 is 27.3 Å². The lowest BCUT2D eigenvalue weighted by atomic mass is 10.2. The summed E-state index contributed by atoms with van der Waals surface area (Å²) in [6.07, 6.45) is 3.71. The van der Waals surface area contributed by atoms with Crippen molar-refractivity contribution in [3.8, 4) is 11.5 Å². The van der Waals surface area contributed by atoms with Crippen LogP contribution in [-0.4, -0.2) is 14.2 Å². The summed E-state index contributed by atoms with van der Waals surface area (Å²) in [5.74, 6) is -0.163. The molecule has 1 saturated carbocycles. The summed E-state index contributed by atoms with van der Waals surface area (Å²) in [5.41, 5.74) is 0.331. The maximum absolute atomic E-state index is 13.2. The largest absolute Gasteiger partial charge is 0.448 e. The molecule has 2 aliphatic rings. The molecule has 132 valence electrons. The highest BCUT2D eigenvalue weighted by Crippen LogP contribution is 2.47. The Morgan fingerprint density at radius 1 is 1.04 bits per heavy atom. The Bertz CT molecular complexity index is 942. The van der Waals surface area contributed by atoms with E-state index in [0.717, 1.165) is 43.9 Å². The van der Waals surface area contributed by atoms with Crippen molar-refractivity contribution in [2.75, 3.05) is 4.72 Å². The molecule has 2 aromatic rings. The van der Waals surface area contributed by atoms with Crippen molar-refractivity contribution < 1.29 is 22.3 Å². The van der Waals surface area contributed by atoms with E-state index in [1.165, 1.54) is 0 Å². The third-order valence-corrected chi connectivity index (χ3v) is 6.02. The summed E-state index contributed by atoms with van der Waals surface area (Å²) < 4.78 is 52.4. The third kappa shape index (κ3) is 3.02. The van der Waals surface area contributed by atoms with Gasteiger partial charge in [0.25, 0.3) is 15.8 Å². The van der Waals surface area contributed by atoms with Gasteiger partial charge in [-0.25, -0.2) is 12.8 Å². The smallest absolute Gasteiger partial charge is 0.261 e. The molecule has 0 bridgehead atoms. The molecule has 0 amide bonds. The zero-order valence-corrected chi connectivity index (χ0v) is 14.7. The van der Waals surface area contributed by atoms with Crippen molar-refractivity contribution in [3.63, 3.8) is 0 Å². The van der Waals surface area contributed by atoms with Gasteiger partial charge in [0.15, 0.2) is 11.5 Å². The maximum atomic E-state index is 13.2. The molecule has 8 heteroatoms. The zero-order chi connectivity index (χ0) is 17.7. The van der Waals surface area contributed by atoms with Gasteiger partial charge < -0.3 is 9.47 Å². The number of halogens is 2. The number of nitrogens with one attached hydrogen (secondary N) is 1. The quantitative estimate of drug-likeness (QED) is 0.857. The van der Waals surface area contributed by atoms with E-state index in [0.29, 0.717) is 17.2 Å². The third-order valence-electron chi connectivity index (χ3n) is 4.35. The van der Waals surface area contributed by atoms with E-state index >= 15 is 0 Å². The average Bonchev–Trinajstić information content (AvgIpc) is 3.15. The average molecular weight is 384 g/mol. The number of hydrogen-bond donors (Lipinski definition) is 1. The summed E-state index contributed by atoms with van der Waals surface area (Å²) in [7, 11) is -3.90. The summed E-state index contributed by atoms with van der Waals surface area (Å²) in [6, 6.07) is 8.10. The zero-order valence-electron chi connectivity index (χ0n) is 13.1. The molecule has 1 N–H and O–H groups in total. The molecule has 0 radical (unpaired) electrons. The Hall–Kier alpha value is -1.99. The van der Waals surface area contributed by atoms with E-state index in [2.05, 4.69) is 4.72 Å². The molecule has 25 heavy (non-hydrogen) atoms. The predicted octanol–water partition coefficient (Wildman–Crippen LogP) is 4.32. The Morgan fingerprint density at radius 2 is 1.76 bits per heavy atom. The minimum atomic E-state index is -3.90. The number of sulfonamides is 1. The van der Waals surface area contributed by atoms with Gasteiger partial charge in [0.1, 0.15) is 5.82 Å². The highest BCUT2D eigenvalue weighted by Gasteiger charge is 2.44. The van der Waals surface area contributed by atoms with Crippen LogP contribution in [0.3, 0.4) is 0 Å². The van der Waals surface area contributed by atoms with Crippen LogP contribution in [0.2, 0.25) is 5.02 Å². The van der Waals surface area contributed by atoms with Crippen LogP contribution in [0, 0.1) is 5.82 Å². The summed E-state index contributed by atoms with van der Waals surface area (Å²) in [6.45, 7) is 0. The molecule has 5 nitrogen and oxygen atoms in total. The highest BCUT2D eigenvalue weighted by atomic mass is 35.5. The van der Waals surface area contributed by atoms with Gasteiger partial charge >= 0.3 is 0 Å². The first-order valence-electron chi connectivity index (χ1n) is 7.87. The van der Waals surface area contributed by atoms with Crippen molar-refractivity contribution in [2.45, 2.75) is 36.4 Å². The van der Waals surface area contributed by atoms with Gasteiger partial charge in [0, 0.05) is 18.9 Å². The second-order valence-electron chi connectivity index (χ2n) is 6.16. The number of ether oxygens (including phenoxy) is 2. The number of rotatable bonds is 3. The second-order valence-corrected chi connectivity index (χ2v) is 8.25. The highest BCUT2D eigenvalue weighted by molar-refractivity contribution is 7.92. The van der Waals surface area contributed by atoms with E-state index in [4.69, 9.17) is 21.1 Å². The minimum absolute atomic E-state index is 0.121. The topological polar surface area (TPSA) is 64.6 Å². The van der Waals surface area contributed by atoms with Crippen molar-refractivity contribution in [2.24, 2.45) is 0 Å². The van der Waals surface area contributed by atoms with Crippen LogP contribution >= 0.6 is 11.6 Å². The molecule has 0 aromatic heterocycles. The molecule has 0 unspecified atom stereocenters. The Balaban J connectivity index is 1.59. The van der Waals surface area contributed by atoms with E-state index in [-0.39, 0.29) is 9.92 Å². The van der Waals surface area contributed by atoms with E-state index in [1.54, 1.807) is 18.2 Å². The van der Waals surface area contributed by atoms with Gasteiger partial charge in [-0.2, -0.15) is 0 Å². The molecule has 4 rings (SSSR count). The van der Waals surface area contributed by atoms with Crippen LogP contribution < -0.4 is 14.2 Å². The van der Waals surface area contributed by atoms with Crippen molar-refractivity contribution in [1.29, 1.82) is 0 Å². The predicted molar refractivity (Wildman–Crippen MR) is 91.1 cm³/mol. The maximum Gasteiger partial charge on any atom is 0.261 e. The first kappa shape index (κ1) is 16.5. The number of anilines is 1. The molecule has 1 aliphatic heterocycles. The van der Waals surface area contributed by atoms with Gasteiger partial charge in [-0.1, -0.05) is 11.6 Å². The molecule has 2 aromatic carbocycles. The number of fused-ring (bicyclic) bond motifs is 1. The lowest BCUT2D eigenvalue weighted by Gasteiger charge is -2.21. The van der Waals surface area contributed by atoms with E-state index < -0.39 is 21.6 Å². The minimum Gasteiger partial charge on any atom is -0.448 e. The van der Waals surface area contributed by atoms with Crippen LogP contribution in [0.1, 0.15) is 25.7 Å². The molecular formula is C17H15ClFNO4S. The van der Waals surface area contributed by atoms with Crippen LogP contribution in [0.4, 0.5) is 10.1 Å². The van der Waals surface area contributed by atoms with Gasteiger partial charge in [-0.3, -0.25) is 4.72 Å². The van der Waals surface area contributed by atoms with E-state index in [9.17, 15) is 12.8 Å². The molecule has 1 aliphatic carbocycles. The SMILES string of the molecule is O=S(=O)(Nc1ccc2c(c1)OC1(CCCC1)O2)c1ccc(F)c(Cl)c1. The van der Waals surface area contributed by atoms with Crippen LogP contribution in [0.25, 0.3) is 0 Å². The van der Waals surface area contributed by atoms with Crippen LogP contribution in [0.15, 0.2) is 41.3 Å². The standard InChI is InChI=1S/C17H15ClFNO4S/c18-13-10-12(4-5-14(13)19)25(21,22)20-11-3-6-15-16(9-11)24-17(23-15)7-1-2-8-17/h3-6,9-10,20H,1-2,7-8H2. The van der Waals surface area contributed by atoms with Crippen molar-refractivity contribution in [1.82, 2.24) is 0 Å². The lowest BCUT2D eigenvalue weighted by Crippen LogP contribution is -2.34. The van der Waals surface area contributed by atoms with Gasteiger partial charge in [0.2, 0.25) is 0 Å². The summed E-state index contributed by atoms with van der Waals surface area (Å²) >= 11 is 5.67. The van der Waals surface area contributed by atoms with E-state index in [1.807, 2.05) is 0 Å². The van der Waals surface area contributed by atoms with Crippen molar-refractivity contribution in [3.05, 3.63) is 47.2 Å². The first-order chi connectivity index (χ1) is 11.9. The lowest BCUT2D eigenvalue weighted by molar-refractivity contribution is -0.0716. The van der Waals surface area contributed by atoms with Gasteiger partial charge in [0.05, 0.1) is 15.6 Å². The Morgan fingerprint density at radius 3 is 2.48 bits per heavy atom. The summed E-state index contributed by atoms with van der Waals surface area (Å²) in [4.78, 5) is -0.121. The molecule has 0 atom stereocenters. The molecule has 1 heterocycles. The molecule has 1 spiro atoms. The fraction of sp³-hybridized carbons (Fsp3) is 0.294. The monoisotopic (exact) mass is 383 g/mol. The van der Waals surface area contributed by atoms with Gasteiger partial charge in [-0.05, 0) is 43.2 Å².